The summed E-state index contributed by atoms with van der Waals surface area (Å²) in [7, 11) is 0. The van der Waals surface area contributed by atoms with Crippen LogP contribution in [0, 0.1) is 17.3 Å². The fourth-order valence-corrected chi connectivity index (χ4v) is 2.50. The van der Waals surface area contributed by atoms with E-state index in [-0.39, 0.29) is 12.1 Å². The fourth-order valence-electron chi connectivity index (χ4n) is 2.50. The Balaban J connectivity index is 1.96. The van der Waals surface area contributed by atoms with Crippen molar-refractivity contribution in [2.24, 2.45) is 17.3 Å². The van der Waals surface area contributed by atoms with E-state index in [0.29, 0.717) is 0 Å². The molecular weight excluding hydrogens is 226 g/mol. The van der Waals surface area contributed by atoms with Gasteiger partial charge in [0.25, 0.3) is 6.08 Å². The van der Waals surface area contributed by atoms with Gasteiger partial charge in [0.2, 0.25) is 0 Å². The number of rotatable bonds is 3. The number of halogens is 2. The number of esters is 1. The van der Waals surface area contributed by atoms with Gasteiger partial charge < -0.3 is 4.74 Å². The van der Waals surface area contributed by atoms with E-state index in [9.17, 15) is 13.6 Å². The molecule has 0 aromatic rings. The van der Waals surface area contributed by atoms with Crippen LogP contribution in [0.5, 0.6) is 0 Å². The van der Waals surface area contributed by atoms with Crippen molar-refractivity contribution in [3.8, 4) is 0 Å². The first-order valence-electron chi connectivity index (χ1n) is 5.83. The zero-order valence-corrected chi connectivity index (χ0v) is 9.95. The maximum Gasteiger partial charge on any atom is 0.310 e. The number of hydrogen-bond donors (Lipinski definition) is 0. The van der Waals surface area contributed by atoms with Crippen molar-refractivity contribution < 1.29 is 18.3 Å². The normalized spacial score (nSPS) is 33.3. The average Bonchev–Trinajstić information content (AvgIpc) is 2.64. The third-order valence-corrected chi connectivity index (χ3v) is 3.71. The summed E-state index contributed by atoms with van der Waals surface area (Å²) in [5.41, 5.74) is -0.414. The van der Waals surface area contributed by atoms with Gasteiger partial charge in [0.1, 0.15) is 6.10 Å². The summed E-state index contributed by atoms with van der Waals surface area (Å²) in [6.07, 6.45) is 4.52. The topological polar surface area (TPSA) is 26.3 Å². The van der Waals surface area contributed by atoms with Crippen LogP contribution in [0.25, 0.3) is 0 Å². The van der Waals surface area contributed by atoms with E-state index in [2.05, 4.69) is 0 Å². The summed E-state index contributed by atoms with van der Waals surface area (Å²) in [5.74, 6) is -1.18. The number of carbonyl (C=O) groups excluding carboxylic acids is 1. The second-order valence-electron chi connectivity index (χ2n) is 5.26. The summed E-state index contributed by atoms with van der Waals surface area (Å²) in [6.45, 7) is 3.63. The van der Waals surface area contributed by atoms with E-state index in [0.717, 1.165) is 18.9 Å². The average molecular weight is 242 g/mol. The van der Waals surface area contributed by atoms with E-state index in [1.54, 1.807) is 0 Å². The van der Waals surface area contributed by atoms with Crippen LogP contribution in [-0.4, -0.2) is 12.1 Å². The third-order valence-electron chi connectivity index (χ3n) is 3.71. The molecule has 2 rings (SSSR count). The number of hydrogen-bond acceptors (Lipinski definition) is 2. The molecule has 1 saturated carbocycles. The summed E-state index contributed by atoms with van der Waals surface area (Å²) >= 11 is 0. The molecule has 0 N–H and O–H groups in total. The van der Waals surface area contributed by atoms with Gasteiger partial charge in [-0.2, -0.15) is 8.78 Å². The van der Waals surface area contributed by atoms with Crippen molar-refractivity contribution in [3.05, 3.63) is 24.3 Å². The Morgan fingerprint density at radius 1 is 1.47 bits per heavy atom. The van der Waals surface area contributed by atoms with Gasteiger partial charge >= 0.3 is 5.97 Å². The minimum absolute atomic E-state index is 0.168. The molecule has 2 nitrogen and oxygen atoms in total. The number of carbonyl (C=O) groups is 1. The molecule has 0 saturated heterocycles. The van der Waals surface area contributed by atoms with Gasteiger partial charge in [-0.05, 0) is 30.4 Å². The molecule has 0 aliphatic heterocycles. The van der Waals surface area contributed by atoms with Crippen LogP contribution in [0.4, 0.5) is 8.78 Å². The highest BCUT2D eigenvalue weighted by molar-refractivity contribution is 5.78. The first kappa shape index (κ1) is 12.3. The molecule has 2 aliphatic rings. The summed E-state index contributed by atoms with van der Waals surface area (Å²) in [6, 6.07) is 0. The molecule has 0 aromatic heterocycles. The van der Waals surface area contributed by atoms with Crippen LogP contribution in [0.3, 0.4) is 0 Å². The lowest BCUT2D eigenvalue weighted by molar-refractivity contribution is -0.149. The maximum atomic E-state index is 12.2. The minimum Gasteiger partial charge on any atom is -0.458 e. The standard InChI is InChI=1S/C13H16F2O2/c1-13(2)9(7-10(14)15)11(13)12(16)17-8-5-3-4-6-8/h3,5,7-9,11H,4,6H2,1-2H3/t8?,9-,11+/m1/s1. The van der Waals surface area contributed by atoms with Crippen molar-refractivity contribution >= 4 is 5.97 Å². The van der Waals surface area contributed by atoms with Crippen LogP contribution in [0.2, 0.25) is 0 Å². The highest BCUT2D eigenvalue weighted by Gasteiger charge is 2.62. The molecule has 94 valence electrons. The molecule has 1 fully saturated rings. The van der Waals surface area contributed by atoms with Gasteiger partial charge in [-0.1, -0.05) is 19.9 Å². The predicted molar refractivity (Wildman–Crippen MR) is 59.3 cm³/mol. The molecule has 0 bridgehead atoms. The molecular formula is C13H16F2O2. The molecule has 17 heavy (non-hydrogen) atoms. The molecule has 0 amide bonds. The largest absolute Gasteiger partial charge is 0.458 e. The maximum absolute atomic E-state index is 12.2. The summed E-state index contributed by atoms with van der Waals surface area (Å²) in [4.78, 5) is 11.8. The smallest absolute Gasteiger partial charge is 0.310 e. The van der Waals surface area contributed by atoms with Crippen LogP contribution in [-0.2, 0) is 9.53 Å². The van der Waals surface area contributed by atoms with Gasteiger partial charge in [-0.25, -0.2) is 0 Å². The Kier molecular flexibility index (Phi) is 3.06. The monoisotopic (exact) mass is 242 g/mol. The van der Waals surface area contributed by atoms with Gasteiger partial charge in [0.05, 0.1) is 5.92 Å². The van der Waals surface area contributed by atoms with E-state index in [4.69, 9.17) is 4.74 Å². The molecule has 0 heterocycles. The zero-order valence-electron chi connectivity index (χ0n) is 9.95. The fraction of sp³-hybridized carbons (Fsp3) is 0.615. The molecule has 0 spiro atoms. The van der Waals surface area contributed by atoms with Crippen LogP contribution in [0.1, 0.15) is 26.7 Å². The SMILES string of the molecule is CC1(C)[C@H](C=C(F)F)[C@H]1C(=O)OC1C=CCC1. The van der Waals surface area contributed by atoms with Crippen molar-refractivity contribution in [1.82, 2.24) is 0 Å². The second kappa shape index (κ2) is 4.24. The molecule has 1 unspecified atom stereocenters. The Morgan fingerprint density at radius 3 is 2.71 bits per heavy atom. The molecule has 0 aromatic carbocycles. The Hall–Kier alpha value is -1.19. The number of ether oxygens (including phenoxy) is 1. The van der Waals surface area contributed by atoms with E-state index in [1.807, 2.05) is 26.0 Å². The first-order chi connectivity index (χ1) is 7.93. The second-order valence-corrected chi connectivity index (χ2v) is 5.26. The van der Waals surface area contributed by atoms with Crippen LogP contribution in [0.15, 0.2) is 24.3 Å². The molecule has 2 aliphatic carbocycles. The van der Waals surface area contributed by atoms with Crippen molar-refractivity contribution in [2.75, 3.05) is 0 Å². The molecule has 0 radical (unpaired) electrons. The zero-order chi connectivity index (χ0) is 12.6. The molecule has 4 heteroatoms. The lowest BCUT2D eigenvalue weighted by atomic mass is 10.1. The lowest BCUT2D eigenvalue weighted by Crippen LogP contribution is -2.17. The van der Waals surface area contributed by atoms with Gasteiger partial charge in [-0.15, -0.1) is 0 Å². The highest BCUT2D eigenvalue weighted by Crippen LogP contribution is 2.60. The van der Waals surface area contributed by atoms with E-state index < -0.39 is 23.3 Å². The predicted octanol–water partition coefficient (Wildman–Crippen LogP) is 3.30. The Labute approximate surface area is 99.3 Å². The van der Waals surface area contributed by atoms with Crippen molar-refractivity contribution in [1.29, 1.82) is 0 Å². The van der Waals surface area contributed by atoms with Crippen molar-refractivity contribution in [2.45, 2.75) is 32.8 Å². The highest BCUT2D eigenvalue weighted by atomic mass is 19.3. The van der Waals surface area contributed by atoms with Gasteiger partial charge in [0, 0.05) is 5.92 Å². The number of allylic oxidation sites excluding steroid dienone is 2. The molecule has 3 atom stereocenters. The Morgan fingerprint density at radius 2 is 2.18 bits per heavy atom. The third kappa shape index (κ3) is 2.40. The summed E-state index contributed by atoms with van der Waals surface area (Å²) in [5, 5.41) is 0. The first-order valence-corrected chi connectivity index (χ1v) is 5.83. The van der Waals surface area contributed by atoms with Crippen LogP contribution < -0.4 is 0 Å². The summed E-state index contributed by atoms with van der Waals surface area (Å²) < 4.78 is 29.7. The van der Waals surface area contributed by atoms with Crippen LogP contribution >= 0.6 is 0 Å². The van der Waals surface area contributed by atoms with E-state index in [1.165, 1.54) is 0 Å². The quantitative estimate of drug-likeness (QED) is 0.560. The Bertz CT molecular complexity index is 381. The lowest BCUT2D eigenvalue weighted by Gasteiger charge is -2.10. The van der Waals surface area contributed by atoms with Crippen molar-refractivity contribution in [3.63, 3.8) is 0 Å². The minimum atomic E-state index is -1.72. The van der Waals surface area contributed by atoms with E-state index >= 15 is 0 Å². The van der Waals surface area contributed by atoms with Gasteiger partial charge in [0.15, 0.2) is 0 Å². The van der Waals surface area contributed by atoms with Gasteiger partial charge in [-0.3, -0.25) is 4.79 Å².